The molecule has 0 spiro atoms. The van der Waals surface area contributed by atoms with Crippen LogP contribution in [0.25, 0.3) is 10.2 Å². The number of thioether (sulfide) groups is 1. The van der Waals surface area contributed by atoms with E-state index in [1.54, 1.807) is 23.1 Å². The van der Waals surface area contributed by atoms with Gasteiger partial charge in [0.1, 0.15) is 15.8 Å². The Morgan fingerprint density at radius 3 is 2.75 bits per heavy atom. The molecule has 0 N–H and O–H groups in total. The number of fused-ring (bicyclic) bond motifs is 1. The summed E-state index contributed by atoms with van der Waals surface area (Å²) in [7, 11) is 0. The summed E-state index contributed by atoms with van der Waals surface area (Å²) in [6.07, 6.45) is 0. The normalized spacial score (nSPS) is 11.2. The van der Waals surface area contributed by atoms with E-state index < -0.39 is 0 Å². The van der Waals surface area contributed by atoms with E-state index in [1.165, 1.54) is 9.77 Å². The zero-order chi connectivity index (χ0) is 14.1. The third-order valence-corrected chi connectivity index (χ3v) is 5.47. The van der Waals surface area contributed by atoms with Crippen LogP contribution in [0.4, 0.5) is 0 Å². The van der Waals surface area contributed by atoms with Crippen LogP contribution < -0.4 is 0 Å². The van der Waals surface area contributed by atoms with Crippen LogP contribution in [0.5, 0.6) is 0 Å². The van der Waals surface area contributed by atoms with Crippen LogP contribution in [-0.4, -0.2) is 9.97 Å². The molecule has 1 aromatic carbocycles. The van der Waals surface area contributed by atoms with Crippen molar-refractivity contribution in [3.05, 3.63) is 50.7 Å². The molecule has 0 aliphatic carbocycles. The average Bonchev–Trinajstić information content (AvgIpc) is 2.79. The van der Waals surface area contributed by atoms with E-state index in [0.717, 1.165) is 20.5 Å². The highest BCUT2D eigenvalue weighted by Gasteiger charge is 2.09. The van der Waals surface area contributed by atoms with E-state index in [2.05, 4.69) is 45.0 Å². The molecule has 2 nitrogen and oxygen atoms in total. The Balaban J connectivity index is 1.82. The predicted octanol–water partition coefficient (Wildman–Crippen LogP) is 5.71. The van der Waals surface area contributed by atoms with Gasteiger partial charge in [-0.2, -0.15) is 0 Å². The standard InChI is InChI=1S/C14H10BrClN2S2/c1-8-6-11-13(16)17-12(18-14(11)20-8)7-19-10-4-2-9(15)3-5-10/h2-6H,7H2,1H3. The molecular formula is C14H10BrClN2S2. The fourth-order valence-electron chi connectivity index (χ4n) is 1.79. The molecule has 0 unspecified atom stereocenters. The summed E-state index contributed by atoms with van der Waals surface area (Å²) in [5.74, 6) is 1.49. The second kappa shape index (κ2) is 6.02. The molecule has 0 aliphatic heterocycles. The summed E-state index contributed by atoms with van der Waals surface area (Å²) in [4.78, 5) is 12.3. The third-order valence-electron chi connectivity index (χ3n) is 2.70. The number of thiophene rings is 1. The molecule has 3 rings (SSSR count). The smallest absolute Gasteiger partial charge is 0.142 e. The van der Waals surface area contributed by atoms with Crippen molar-refractivity contribution in [2.75, 3.05) is 0 Å². The summed E-state index contributed by atoms with van der Waals surface area (Å²) < 4.78 is 1.08. The average molecular weight is 386 g/mol. The van der Waals surface area contributed by atoms with Crippen molar-refractivity contribution in [1.82, 2.24) is 9.97 Å². The molecule has 2 aromatic heterocycles. The van der Waals surface area contributed by atoms with E-state index in [-0.39, 0.29) is 0 Å². The molecule has 0 fully saturated rings. The molecule has 20 heavy (non-hydrogen) atoms. The first kappa shape index (κ1) is 14.3. The first-order chi connectivity index (χ1) is 9.61. The fraction of sp³-hybridized carbons (Fsp3) is 0.143. The van der Waals surface area contributed by atoms with E-state index in [0.29, 0.717) is 10.9 Å². The zero-order valence-electron chi connectivity index (χ0n) is 10.6. The molecule has 0 bridgehead atoms. The Morgan fingerprint density at radius 1 is 1.25 bits per heavy atom. The van der Waals surface area contributed by atoms with Crippen molar-refractivity contribution in [3.8, 4) is 0 Å². The van der Waals surface area contributed by atoms with Crippen molar-refractivity contribution in [3.63, 3.8) is 0 Å². The van der Waals surface area contributed by atoms with Gasteiger partial charge < -0.3 is 0 Å². The van der Waals surface area contributed by atoms with Crippen LogP contribution >= 0.6 is 50.6 Å². The quantitative estimate of drug-likeness (QED) is 0.427. The Bertz CT molecular complexity index is 756. The van der Waals surface area contributed by atoms with Gasteiger partial charge in [0.2, 0.25) is 0 Å². The monoisotopic (exact) mass is 384 g/mol. The van der Waals surface area contributed by atoms with Crippen LogP contribution in [0.15, 0.2) is 39.7 Å². The molecule has 3 aromatic rings. The number of benzene rings is 1. The minimum absolute atomic E-state index is 0.547. The predicted molar refractivity (Wildman–Crippen MR) is 90.9 cm³/mol. The lowest BCUT2D eigenvalue weighted by Gasteiger charge is -2.02. The highest BCUT2D eigenvalue weighted by atomic mass is 79.9. The number of halogens is 2. The fourth-order valence-corrected chi connectivity index (χ4v) is 4.01. The largest absolute Gasteiger partial charge is 0.221 e. The summed E-state index contributed by atoms with van der Waals surface area (Å²) in [5, 5.41) is 1.50. The van der Waals surface area contributed by atoms with Gasteiger partial charge in [-0.1, -0.05) is 27.5 Å². The topological polar surface area (TPSA) is 25.8 Å². The van der Waals surface area contributed by atoms with Crippen molar-refractivity contribution in [1.29, 1.82) is 0 Å². The van der Waals surface area contributed by atoms with Crippen molar-refractivity contribution in [2.45, 2.75) is 17.6 Å². The van der Waals surface area contributed by atoms with Gasteiger partial charge in [-0.15, -0.1) is 23.1 Å². The van der Waals surface area contributed by atoms with Gasteiger partial charge in [0.05, 0.1) is 5.75 Å². The molecular weight excluding hydrogens is 376 g/mol. The molecule has 102 valence electrons. The zero-order valence-corrected chi connectivity index (χ0v) is 14.5. The van der Waals surface area contributed by atoms with Gasteiger partial charge in [0.25, 0.3) is 0 Å². The number of hydrogen-bond acceptors (Lipinski definition) is 4. The van der Waals surface area contributed by atoms with Gasteiger partial charge in [0, 0.05) is 19.6 Å². The lowest BCUT2D eigenvalue weighted by molar-refractivity contribution is 1.07. The number of rotatable bonds is 3. The molecule has 0 saturated heterocycles. The summed E-state index contributed by atoms with van der Waals surface area (Å²) in [6.45, 7) is 2.05. The first-order valence-corrected chi connectivity index (χ1v) is 8.90. The third kappa shape index (κ3) is 3.17. The summed E-state index contributed by atoms with van der Waals surface area (Å²) >= 11 is 13.0. The van der Waals surface area contributed by atoms with Gasteiger partial charge in [0.15, 0.2) is 0 Å². The molecule has 6 heteroatoms. The van der Waals surface area contributed by atoms with Gasteiger partial charge in [-0.05, 0) is 37.3 Å². The Morgan fingerprint density at radius 2 is 2.00 bits per heavy atom. The van der Waals surface area contributed by atoms with E-state index in [1.807, 2.05) is 18.2 Å². The van der Waals surface area contributed by atoms with Crippen molar-refractivity contribution in [2.24, 2.45) is 0 Å². The molecule has 0 atom stereocenters. The van der Waals surface area contributed by atoms with Crippen LogP contribution in [0.2, 0.25) is 5.15 Å². The van der Waals surface area contributed by atoms with E-state index in [9.17, 15) is 0 Å². The SMILES string of the molecule is Cc1cc2c(Cl)nc(CSc3ccc(Br)cc3)nc2s1. The molecule has 2 heterocycles. The van der Waals surface area contributed by atoms with E-state index in [4.69, 9.17) is 11.6 Å². The second-order valence-electron chi connectivity index (χ2n) is 4.25. The minimum Gasteiger partial charge on any atom is -0.221 e. The lowest BCUT2D eigenvalue weighted by atomic mass is 10.4. The Hall–Kier alpha value is -0.620. The lowest BCUT2D eigenvalue weighted by Crippen LogP contribution is -1.92. The second-order valence-corrected chi connectivity index (χ2v) is 7.81. The summed E-state index contributed by atoms with van der Waals surface area (Å²) in [5.41, 5.74) is 0. The highest BCUT2D eigenvalue weighted by Crippen LogP contribution is 2.30. The first-order valence-electron chi connectivity index (χ1n) is 5.93. The van der Waals surface area contributed by atoms with E-state index >= 15 is 0 Å². The number of nitrogens with zero attached hydrogens (tertiary/aromatic N) is 2. The molecule has 0 radical (unpaired) electrons. The van der Waals surface area contributed by atoms with Gasteiger partial charge in [-0.3, -0.25) is 0 Å². The van der Waals surface area contributed by atoms with Crippen molar-refractivity contribution >= 4 is 60.8 Å². The number of aromatic nitrogens is 2. The van der Waals surface area contributed by atoms with Gasteiger partial charge >= 0.3 is 0 Å². The minimum atomic E-state index is 0.547. The number of hydrogen-bond donors (Lipinski definition) is 0. The van der Waals surface area contributed by atoms with Crippen LogP contribution in [-0.2, 0) is 5.75 Å². The molecule has 0 amide bonds. The molecule has 0 saturated carbocycles. The summed E-state index contributed by atoms with van der Waals surface area (Å²) in [6, 6.07) is 10.2. The Labute approximate surface area is 138 Å². The van der Waals surface area contributed by atoms with Gasteiger partial charge in [-0.25, -0.2) is 9.97 Å². The van der Waals surface area contributed by atoms with Crippen LogP contribution in [0, 0.1) is 6.92 Å². The Kier molecular flexibility index (Phi) is 4.31. The van der Waals surface area contributed by atoms with Crippen LogP contribution in [0.3, 0.4) is 0 Å². The maximum absolute atomic E-state index is 6.22. The number of aryl methyl sites for hydroxylation is 1. The van der Waals surface area contributed by atoms with Crippen molar-refractivity contribution < 1.29 is 0 Å². The maximum atomic E-state index is 6.22. The van der Waals surface area contributed by atoms with Crippen LogP contribution in [0.1, 0.15) is 10.7 Å². The highest BCUT2D eigenvalue weighted by molar-refractivity contribution is 9.10. The molecule has 0 aliphatic rings. The maximum Gasteiger partial charge on any atom is 0.142 e.